The average Bonchev–Trinajstić information content (AvgIpc) is 2.57. The Labute approximate surface area is 71.7 Å². The molecule has 4 heteroatoms. The fourth-order valence-electron chi connectivity index (χ4n) is 0.853. The molecule has 1 heterocycles. The first-order valence-electron chi connectivity index (χ1n) is 3.99. The van der Waals surface area contributed by atoms with E-state index in [1.165, 1.54) is 0 Å². The highest BCUT2D eigenvalue weighted by Gasteiger charge is 1.87. The molecule has 0 unspecified atom stereocenters. The molecule has 0 saturated heterocycles. The molecule has 1 aromatic rings. The van der Waals surface area contributed by atoms with Gasteiger partial charge in [0.1, 0.15) is 0 Å². The molecule has 0 spiro atoms. The van der Waals surface area contributed by atoms with Crippen molar-refractivity contribution >= 4 is 0 Å². The molecule has 68 valence electrons. The van der Waals surface area contributed by atoms with Gasteiger partial charge in [-0.15, -0.1) is 0 Å². The minimum absolute atomic E-state index is 0.0868. The molecule has 1 rings (SSSR count). The first kappa shape index (κ1) is 9.09. The van der Waals surface area contributed by atoms with E-state index in [0.717, 1.165) is 6.54 Å². The summed E-state index contributed by atoms with van der Waals surface area (Å²) in [7, 11) is 0. The van der Waals surface area contributed by atoms with Crippen molar-refractivity contribution in [3.05, 3.63) is 24.5 Å². The zero-order chi connectivity index (χ0) is 8.65. The van der Waals surface area contributed by atoms with Crippen molar-refractivity contribution < 1.29 is 9.84 Å². The van der Waals surface area contributed by atoms with Crippen LogP contribution in [0.2, 0.25) is 0 Å². The molecule has 0 saturated carbocycles. The number of nitrogens with zero attached hydrogens (tertiary/aromatic N) is 1. The second kappa shape index (κ2) is 5.62. The van der Waals surface area contributed by atoms with Crippen LogP contribution in [0.1, 0.15) is 0 Å². The van der Waals surface area contributed by atoms with Crippen molar-refractivity contribution in [3.63, 3.8) is 0 Å². The van der Waals surface area contributed by atoms with Gasteiger partial charge in [0.05, 0.1) is 26.4 Å². The largest absolute Gasteiger partial charge is 0.394 e. The smallest absolute Gasteiger partial charge is 0.0698 e. The van der Waals surface area contributed by atoms with Crippen molar-refractivity contribution in [2.45, 2.75) is 0 Å². The number of aromatic nitrogens is 1. The van der Waals surface area contributed by atoms with Crippen LogP contribution in [-0.4, -0.2) is 36.1 Å². The molecule has 0 bridgehead atoms. The second-order valence-electron chi connectivity index (χ2n) is 2.33. The predicted octanol–water partition coefficient (Wildman–Crippen LogP) is 0.0405. The Balaban J connectivity index is 1.96. The van der Waals surface area contributed by atoms with Gasteiger partial charge in [-0.05, 0) is 12.1 Å². The summed E-state index contributed by atoms with van der Waals surface area (Å²) in [5.41, 5.74) is 3.09. The Morgan fingerprint density at radius 2 is 2.00 bits per heavy atom. The lowest BCUT2D eigenvalue weighted by Crippen LogP contribution is -2.18. The molecule has 1 aromatic heterocycles. The maximum Gasteiger partial charge on any atom is 0.0698 e. The van der Waals surface area contributed by atoms with Gasteiger partial charge in [0.2, 0.25) is 0 Å². The zero-order valence-electron chi connectivity index (χ0n) is 6.94. The van der Waals surface area contributed by atoms with Crippen molar-refractivity contribution in [2.24, 2.45) is 0 Å². The molecule has 2 N–H and O–H groups in total. The third kappa shape index (κ3) is 3.41. The van der Waals surface area contributed by atoms with E-state index in [1.807, 2.05) is 29.2 Å². The third-order valence-electron chi connectivity index (χ3n) is 1.38. The molecule has 4 nitrogen and oxygen atoms in total. The zero-order valence-corrected chi connectivity index (χ0v) is 6.94. The fourth-order valence-corrected chi connectivity index (χ4v) is 0.853. The summed E-state index contributed by atoms with van der Waals surface area (Å²) in [6, 6.07) is 3.89. The van der Waals surface area contributed by atoms with E-state index >= 15 is 0 Å². The Kier molecular flexibility index (Phi) is 4.26. The molecule has 0 radical (unpaired) electrons. The number of ether oxygens (including phenoxy) is 1. The van der Waals surface area contributed by atoms with Crippen LogP contribution in [0, 0.1) is 0 Å². The van der Waals surface area contributed by atoms with Crippen molar-refractivity contribution in [2.75, 3.05) is 31.8 Å². The minimum atomic E-state index is 0.0868. The summed E-state index contributed by atoms with van der Waals surface area (Å²) >= 11 is 0. The minimum Gasteiger partial charge on any atom is -0.394 e. The van der Waals surface area contributed by atoms with Gasteiger partial charge in [-0.25, -0.2) is 0 Å². The lowest BCUT2D eigenvalue weighted by Gasteiger charge is -2.06. The normalized spacial score (nSPS) is 10.1. The van der Waals surface area contributed by atoms with Crippen LogP contribution in [0.3, 0.4) is 0 Å². The molecule has 0 aliphatic carbocycles. The van der Waals surface area contributed by atoms with E-state index in [2.05, 4.69) is 5.43 Å². The summed E-state index contributed by atoms with van der Waals surface area (Å²) in [5.74, 6) is 0. The summed E-state index contributed by atoms with van der Waals surface area (Å²) in [6.07, 6.45) is 3.85. The van der Waals surface area contributed by atoms with Crippen LogP contribution >= 0.6 is 0 Å². The average molecular weight is 170 g/mol. The Bertz CT molecular complexity index is 187. The van der Waals surface area contributed by atoms with Crippen molar-refractivity contribution in [1.29, 1.82) is 0 Å². The molecule has 12 heavy (non-hydrogen) atoms. The van der Waals surface area contributed by atoms with Gasteiger partial charge in [0.25, 0.3) is 0 Å². The maximum absolute atomic E-state index is 8.40. The maximum atomic E-state index is 8.40. The highest BCUT2D eigenvalue weighted by Crippen LogP contribution is 1.84. The Hall–Kier alpha value is -1.00. The first-order chi connectivity index (χ1) is 5.93. The van der Waals surface area contributed by atoms with Gasteiger partial charge >= 0.3 is 0 Å². The van der Waals surface area contributed by atoms with Crippen molar-refractivity contribution in [3.8, 4) is 0 Å². The molecule has 0 aromatic carbocycles. The van der Waals surface area contributed by atoms with E-state index in [4.69, 9.17) is 9.84 Å². The van der Waals surface area contributed by atoms with E-state index in [1.54, 1.807) is 0 Å². The third-order valence-corrected chi connectivity index (χ3v) is 1.38. The van der Waals surface area contributed by atoms with E-state index in [9.17, 15) is 0 Å². The van der Waals surface area contributed by atoms with Gasteiger partial charge in [-0.3, -0.25) is 4.68 Å². The lowest BCUT2D eigenvalue weighted by molar-refractivity contribution is 0.0982. The van der Waals surface area contributed by atoms with E-state index < -0.39 is 0 Å². The highest BCUT2D eigenvalue weighted by atomic mass is 16.5. The number of aliphatic hydroxyl groups is 1. The van der Waals surface area contributed by atoms with Crippen LogP contribution < -0.4 is 5.43 Å². The lowest BCUT2D eigenvalue weighted by atomic mass is 10.7. The SMILES string of the molecule is OCCOCCNn1cccc1. The van der Waals surface area contributed by atoms with Crippen LogP contribution in [0.4, 0.5) is 0 Å². The quantitative estimate of drug-likeness (QED) is 0.593. The fraction of sp³-hybridized carbons (Fsp3) is 0.500. The van der Waals surface area contributed by atoms with Gasteiger partial charge in [0, 0.05) is 12.4 Å². The number of hydrogen-bond acceptors (Lipinski definition) is 3. The van der Waals surface area contributed by atoms with Crippen LogP contribution in [0.5, 0.6) is 0 Å². The Morgan fingerprint density at radius 1 is 1.25 bits per heavy atom. The molecular weight excluding hydrogens is 156 g/mol. The summed E-state index contributed by atoms with van der Waals surface area (Å²) in [4.78, 5) is 0. The summed E-state index contributed by atoms with van der Waals surface area (Å²) in [6.45, 7) is 1.85. The molecule has 0 aliphatic heterocycles. The Morgan fingerprint density at radius 3 is 2.67 bits per heavy atom. The monoisotopic (exact) mass is 170 g/mol. The second-order valence-corrected chi connectivity index (χ2v) is 2.33. The van der Waals surface area contributed by atoms with E-state index in [-0.39, 0.29) is 6.61 Å². The highest BCUT2D eigenvalue weighted by molar-refractivity contribution is 4.92. The molecular formula is C8H14N2O2. The summed E-state index contributed by atoms with van der Waals surface area (Å²) < 4.78 is 6.92. The van der Waals surface area contributed by atoms with E-state index in [0.29, 0.717) is 13.2 Å². The number of hydrogen-bond donors (Lipinski definition) is 2. The predicted molar refractivity (Wildman–Crippen MR) is 46.6 cm³/mol. The number of aliphatic hydroxyl groups excluding tert-OH is 1. The summed E-state index contributed by atoms with van der Waals surface area (Å²) in [5, 5.41) is 8.40. The molecule has 0 fully saturated rings. The van der Waals surface area contributed by atoms with Crippen molar-refractivity contribution in [1.82, 2.24) is 4.68 Å². The molecule has 0 amide bonds. The topological polar surface area (TPSA) is 46.4 Å². The first-order valence-corrected chi connectivity index (χ1v) is 3.99. The van der Waals surface area contributed by atoms with Crippen LogP contribution in [0.25, 0.3) is 0 Å². The standard InChI is InChI=1S/C8H14N2O2/c11-6-8-12-7-3-9-10-4-1-2-5-10/h1-2,4-5,9,11H,3,6-8H2. The van der Waals surface area contributed by atoms with Gasteiger partial charge < -0.3 is 15.3 Å². The van der Waals surface area contributed by atoms with Gasteiger partial charge in [0.15, 0.2) is 0 Å². The van der Waals surface area contributed by atoms with Gasteiger partial charge in [-0.2, -0.15) is 0 Å². The number of rotatable bonds is 6. The molecule has 0 atom stereocenters. The number of nitrogens with one attached hydrogen (secondary N) is 1. The van der Waals surface area contributed by atoms with Crippen LogP contribution in [-0.2, 0) is 4.74 Å². The molecule has 0 aliphatic rings. The van der Waals surface area contributed by atoms with Gasteiger partial charge in [-0.1, -0.05) is 0 Å². The van der Waals surface area contributed by atoms with Crippen LogP contribution in [0.15, 0.2) is 24.5 Å².